The molecule has 136 valence electrons. The van der Waals surface area contributed by atoms with E-state index in [0.717, 1.165) is 5.69 Å². The Morgan fingerprint density at radius 2 is 1.88 bits per heavy atom. The Kier molecular flexibility index (Phi) is 5.38. The minimum absolute atomic E-state index is 0.00228. The van der Waals surface area contributed by atoms with Crippen LogP contribution in [0.5, 0.6) is 0 Å². The molecule has 1 aliphatic rings. The monoisotopic (exact) mass is 351 g/mol. The Bertz CT molecular complexity index is 818. The van der Waals surface area contributed by atoms with Crippen molar-refractivity contribution in [1.29, 1.82) is 0 Å². The van der Waals surface area contributed by atoms with Crippen molar-refractivity contribution < 1.29 is 9.59 Å². The van der Waals surface area contributed by atoms with Gasteiger partial charge in [0.15, 0.2) is 0 Å². The number of hydrogen-bond acceptors (Lipinski definition) is 3. The van der Waals surface area contributed by atoms with Crippen LogP contribution in [0.3, 0.4) is 0 Å². The summed E-state index contributed by atoms with van der Waals surface area (Å²) in [6.45, 7) is 5.00. The zero-order valence-corrected chi connectivity index (χ0v) is 15.5. The SMILES string of the molecule is Cc1ccccc1CN(C)CC(=O)N1c2ccccc2NC(=O)C[C@@H]1C. The van der Waals surface area contributed by atoms with Crippen LogP contribution in [0.15, 0.2) is 48.5 Å². The summed E-state index contributed by atoms with van der Waals surface area (Å²) in [5.74, 6) is -0.0638. The molecule has 0 spiro atoms. The summed E-state index contributed by atoms with van der Waals surface area (Å²) in [7, 11) is 1.95. The number of nitrogens with one attached hydrogen (secondary N) is 1. The number of hydrogen-bond donors (Lipinski definition) is 1. The number of aryl methyl sites for hydroxylation is 1. The molecule has 0 aromatic heterocycles. The molecule has 1 atom stereocenters. The molecule has 1 heterocycles. The van der Waals surface area contributed by atoms with E-state index in [2.05, 4.69) is 24.4 Å². The third-order valence-corrected chi connectivity index (χ3v) is 4.73. The lowest BCUT2D eigenvalue weighted by atomic mass is 10.1. The van der Waals surface area contributed by atoms with Gasteiger partial charge in [0, 0.05) is 19.0 Å². The molecule has 5 heteroatoms. The van der Waals surface area contributed by atoms with Crippen LogP contribution >= 0.6 is 0 Å². The molecule has 3 rings (SSSR count). The van der Waals surface area contributed by atoms with Crippen LogP contribution in [0, 0.1) is 6.92 Å². The van der Waals surface area contributed by atoms with E-state index in [1.807, 2.05) is 55.3 Å². The van der Waals surface area contributed by atoms with Crippen LogP contribution in [-0.2, 0) is 16.1 Å². The van der Waals surface area contributed by atoms with Gasteiger partial charge in [0.25, 0.3) is 0 Å². The first-order valence-corrected chi connectivity index (χ1v) is 8.89. The van der Waals surface area contributed by atoms with Gasteiger partial charge in [-0.3, -0.25) is 14.5 Å². The molecule has 0 saturated carbocycles. The fourth-order valence-corrected chi connectivity index (χ4v) is 3.41. The van der Waals surface area contributed by atoms with E-state index < -0.39 is 0 Å². The highest BCUT2D eigenvalue weighted by atomic mass is 16.2. The van der Waals surface area contributed by atoms with Gasteiger partial charge in [0.2, 0.25) is 11.8 Å². The molecule has 0 radical (unpaired) electrons. The number of fused-ring (bicyclic) bond motifs is 1. The summed E-state index contributed by atoms with van der Waals surface area (Å²) in [5.41, 5.74) is 3.89. The third kappa shape index (κ3) is 3.94. The van der Waals surface area contributed by atoms with Gasteiger partial charge in [-0.25, -0.2) is 0 Å². The number of nitrogens with zero attached hydrogens (tertiary/aromatic N) is 2. The second-order valence-corrected chi connectivity index (χ2v) is 6.98. The zero-order valence-electron chi connectivity index (χ0n) is 15.5. The van der Waals surface area contributed by atoms with Gasteiger partial charge in [-0.15, -0.1) is 0 Å². The molecule has 0 saturated heterocycles. The Labute approximate surface area is 154 Å². The number of benzene rings is 2. The van der Waals surface area contributed by atoms with E-state index in [0.29, 0.717) is 25.2 Å². The van der Waals surface area contributed by atoms with Crippen LogP contribution < -0.4 is 10.2 Å². The largest absolute Gasteiger partial charge is 0.324 e. The fourth-order valence-electron chi connectivity index (χ4n) is 3.41. The topological polar surface area (TPSA) is 52.7 Å². The molecule has 0 aliphatic carbocycles. The minimum atomic E-state index is -0.182. The Morgan fingerprint density at radius 1 is 1.19 bits per heavy atom. The van der Waals surface area contributed by atoms with Gasteiger partial charge < -0.3 is 10.2 Å². The zero-order chi connectivity index (χ0) is 18.7. The van der Waals surface area contributed by atoms with E-state index >= 15 is 0 Å². The third-order valence-electron chi connectivity index (χ3n) is 4.73. The number of anilines is 2. The van der Waals surface area contributed by atoms with Gasteiger partial charge in [-0.1, -0.05) is 36.4 Å². The predicted molar refractivity (Wildman–Crippen MR) is 104 cm³/mol. The lowest BCUT2D eigenvalue weighted by Crippen LogP contribution is -2.44. The van der Waals surface area contributed by atoms with Crippen LogP contribution in [0.25, 0.3) is 0 Å². The highest BCUT2D eigenvalue weighted by Crippen LogP contribution is 2.31. The Balaban J connectivity index is 1.78. The van der Waals surface area contributed by atoms with E-state index in [9.17, 15) is 9.59 Å². The van der Waals surface area contributed by atoms with Crippen LogP contribution in [0.4, 0.5) is 11.4 Å². The van der Waals surface area contributed by atoms with E-state index in [-0.39, 0.29) is 17.9 Å². The number of para-hydroxylation sites is 2. The molecule has 2 aromatic carbocycles. The van der Waals surface area contributed by atoms with Gasteiger partial charge >= 0.3 is 0 Å². The molecular weight excluding hydrogens is 326 g/mol. The van der Waals surface area contributed by atoms with Crippen LogP contribution in [0.2, 0.25) is 0 Å². The minimum Gasteiger partial charge on any atom is -0.324 e. The molecule has 1 aliphatic heterocycles. The molecule has 0 bridgehead atoms. The predicted octanol–water partition coefficient (Wildman–Crippen LogP) is 3.19. The van der Waals surface area contributed by atoms with Gasteiger partial charge in [0.05, 0.1) is 17.9 Å². The average Bonchev–Trinajstić information content (AvgIpc) is 2.71. The van der Waals surface area contributed by atoms with Crippen molar-refractivity contribution in [2.45, 2.75) is 32.9 Å². The van der Waals surface area contributed by atoms with Gasteiger partial charge in [-0.05, 0) is 44.2 Å². The maximum atomic E-state index is 13.1. The molecular formula is C21H25N3O2. The highest BCUT2D eigenvalue weighted by molar-refractivity contribution is 6.04. The number of carbonyl (C=O) groups is 2. The summed E-state index contributed by atoms with van der Waals surface area (Å²) in [6.07, 6.45) is 0.294. The first-order valence-electron chi connectivity index (χ1n) is 8.89. The van der Waals surface area contributed by atoms with E-state index in [1.54, 1.807) is 4.90 Å². The lowest BCUT2D eigenvalue weighted by Gasteiger charge is -2.30. The summed E-state index contributed by atoms with van der Waals surface area (Å²) < 4.78 is 0. The maximum absolute atomic E-state index is 13.1. The number of rotatable bonds is 4. The van der Waals surface area contributed by atoms with Crippen molar-refractivity contribution in [1.82, 2.24) is 4.90 Å². The Hall–Kier alpha value is -2.66. The normalized spacial score (nSPS) is 16.8. The fraction of sp³-hybridized carbons (Fsp3) is 0.333. The molecule has 0 fully saturated rings. The Morgan fingerprint density at radius 3 is 2.65 bits per heavy atom. The van der Waals surface area contributed by atoms with Gasteiger partial charge in [-0.2, -0.15) is 0 Å². The first kappa shape index (κ1) is 18.1. The first-order chi connectivity index (χ1) is 12.5. The molecule has 26 heavy (non-hydrogen) atoms. The number of likely N-dealkylation sites (N-methyl/N-ethyl adjacent to an activating group) is 1. The van der Waals surface area contributed by atoms with E-state index in [1.165, 1.54) is 11.1 Å². The molecule has 5 nitrogen and oxygen atoms in total. The standard InChI is InChI=1S/C21H25N3O2/c1-15-8-4-5-9-17(15)13-23(3)14-21(26)24-16(2)12-20(25)22-18-10-6-7-11-19(18)24/h4-11,16H,12-14H2,1-3H3,(H,22,25)/t16-/m0/s1. The summed E-state index contributed by atoms with van der Waals surface area (Å²) in [5, 5.41) is 2.89. The van der Waals surface area contributed by atoms with E-state index in [4.69, 9.17) is 0 Å². The second kappa shape index (κ2) is 7.70. The quantitative estimate of drug-likeness (QED) is 0.920. The van der Waals surface area contributed by atoms with Crippen molar-refractivity contribution in [2.75, 3.05) is 23.8 Å². The molecule has 2 aromatic rings. The van der Waals surface area contributed by atoms with Crippen molar-refractivity contribution >= 4 is 23.2 Å². The number of carbonyl (C=O) groups excluding carboxylic acids is 2. The molecule has 2 amide bonds. The number of amides is 2. The maximum Gasteiger partial charge on any atom is 0.241 e. The van der Waals surface area contributed by atoms with Crippen molar-refractivity contribution in [3.05, 3.63) is 59.7 Å². The molecule has 0 unspecified atom stereocenters. The van der Waals surface area contributed by atoms with Crippen molar-refractivity contribution in [3.63, 3.8) is 0 Å². The van der Waals surface area contributed by atoms with Crippen LogP contribution in [-0.4, -0.2) is 36.3 Å². The summed E-state index contributed by atoms with van der Waals surface area (Å²) in [6, 6.07) is 15.5. The van der Waals surface area contributed by atoms with Gasteiger partial charge in [0.1, 0.15) is 0 Å². The lowest BCUT2D eigenvalue weighted by molar-refractivity contribution is -0.120. The highest BCUT2D eigenvalue weighted by Gasteiger charge is 2.29. The molecule has 1 N–H and O–H groups in total. The summed E-state index contributed by atoms with van der Waals surface area (Å²) >= 11 is 0. The summed E-state index contributed by atoms with van der Waals surface area (Å²) in [4.78, 5) is 28.9. The van der Waals surface area contributed by atoms with Crippen molar-refractivity contribution in [2.24, 2.45) is 0 Å². The van der Waals surface area contributed by atoms with Crippen molar-refractivity contribution in [3.8, 4) is 0 Å². The average molecular weight is 351 g/mol. The van der Waals surface area contributed by atoms with Crippen LogP contribution in [0.1, 0.15) is 24.5 Å². The second-order valence-electron chi connectivity index (χ2n) is 6.98. The smallest absolute Gasteiger partial charge is 0.241 e.